The van der Waals surface area contributed by atoms with Crippen molar-refractivity contribution < 1.29 is 19.4 Å². The number of thiazole rings is 1. The lowest BCUT2D eigenvalue weighted by atomic mass is 10.1. The monoisotopic (exact) mass is 259 g/mol. The van der Waals surface area contributed by atoms with Crippen LogP contribution in [-0.4, -0.2) is 33.8 Å². The van der Waals surface area contributed by atoms with Gasteiger partial charge in [0.05, 0.1) is 18.4 Å². The predicted molar refractivity (Wildman–Crippen MR) is 63.3 cm³/mol. The van der Waals surface area contributed by atoms with E-state index in [0.29, 0.717) is 16.3 Å². The Morgan fingerprint density at radius 3 is 2.94 bits per heavy atom. The lowest BCUT2D eigenvalue weighted by Crippen LogP contribution is -2.15. The molecule has 1 rings (SSSR count). The van der Waals surface area contributed by atoms with Crippen molar-refractivity contribution in [2.45, 2.75) is 26.1 Å². The van der Waals surface area contributed by atoms with Crippen LogP contribution in [0.1, 0.15) is 24.0 Å². The van der Waals surface area contributed by atoms with E-state index in [0.717, 1.165) is 0 Å². The largest absolute Gasteiger partial charge is 0.389 e. The number of Topliss-reactive ketones (excluding diaryl/α,β-unsaturated/α-hetero) is 1. The predicted octanol–water partition coefficient (Wildman–Crippen LogP) is 1.33. The lowest BCUT2D eigenvalue weighted by Gasteiger charge is -2.08. The first-order chi connectivity index (χ1) is 8.06. The Morgan fingerprint density at radius 1 is 1.71 bits per heavy atom. The van der Waals surface area contributed by atoms with Crippen LogP contribution in [0, 0.1) is 0 Å². The summed E-state index contributed by atoms with van der Waals surface area (Å²) in [5, 5.41) is 20.8. The summed E-state index contributed by atoms with van der Waals surface area (Å²) in [5.74, 6) is -0.625. The zero-order chi connectivity index (χ0) is 12.8. The Kier molecular flexibility index (Phi) is 5.40. The Morgan fingerprint density at radius 2 is 2.41 bits per heavy atom. The maximum Gasteiger partial charge on any atom is 0.166 e. The number of carbonyl (C=O) groups excluding carboxylic acids is 1. The van der Waals surface area contributed by atoms with Gasteiger partial charge in [-0.05, 0) is 18.6 Å². The minimum absolute atomic E-state index is 0.125. The molecule has 0 bridgehead atoms. The number of aromatic nitrogens is 1. The van der Waals surface area contributed by atoms with Gasteiger partial charge in [-0.25, -0.2) is 9.37 Å². The van der Waals surface area contributed by atoms with Gasteiger partial charge in [0.25, 0.3) is 0 Å². The van der Waals surface area contributed by atoms with Gasteiger partial charge >= 0.3 is 0 Å². The van der Waals surface area contributed by atoms with E-state index < -0.39 is 18.6 Å². The number of rotatable bonds is 6. The first-order valence-corrected chi connectivity index (χ1v) is 5.94. The molecule has 4 nitrogen and oxygen atoms in total. The Labute approximate surface area is 102 Å². The van der Waals surface area contributed by atoms with Crippen molar-refractivity contribution in [1.82, 2.24) is 4.98 Å². The van der Waals surface area contributed by atoms with E-state index in [9.17, 15) is 14.3 Å². The quantitative estimate of drug-likeness (QED) is 0.808. The molecule has 6 heteroatoms. The van der Waals surface area contributed by atoms with Gasteiger partial charge in [-0.3, -0.25) is 4.79 Å². The average Bonchev–Trinajstić information content (AvgIpc) is 2.76. The number of nitrogens with zero attached hydrogens (tertiary/aromatic N) is 1. The summed E-state index contributed by atoms with van der Waals surface area (Å²) in [5.41, 5.74) is 1.16. The number of halogens is 1. The number of carbonyl (C=O) groups is 1. The van der Waals surface area contributed by atoms with Crippen LogP contribution in [0.4, 0.5) is 4.39 Å². The molecule has 0 aliphatic heterocycles. The van der Waals surface area contributed by atoms with E-state index in [1.807, 2.05) is 0 Å². The molecule has 1 heterocycles. The van der Waals surface area contributed by atoms with E-state index in [4.69, 9.17) is 5.11 Å². The minimum Gasteiger partial charge on any atom is -0.389 e. The standard InChI is InChI=1S/C11H14FNO3S/c1-7(10(16)3-9(15)4-12)2-8-6-17-11(5-14)13-8/h2,6,10,14,16H,3-5H2,1H3/b7-2+/t10-/m0/s1. The fourth-order valence-corrected chi connectivity index (χ4v) is 1.83. The van der Waals surface area contributed by atoms with Crippen LogP contribution in [0.15, 0.2) is 11.0 Å². The molecule has 0 aromatic carbocycles. The summed E-state index contributed by atoms with van der Waals surface area (Å²) in [7, 11) is 0. The van der Waals surface area contributed by atoms with Crippen LogP contribution in [0.25, 0.3) is 6.08 Å². The molecule has 0 saturated carbocycles. The smallest absolute Gasteiger partial charge is 0.166 e. The molecule has 0 spiro atoms. The molecule has 94 valence electrons. The van der Waals surface area contributed by atoms with Crippen molar-refractivity contribution >= 4 is 23.2 Å². The average molecular weight is 259 g/mol. The molecule has 0 aliphatic rings. The highest BCUT2D eigenvalue weighted by atomic mass is 32.1. The topological polar surface area (TPSA) is 70.4 Å². The van der Waals surface area contributed by atoms with Gasteiger partial charge < -0.3 is 10.2 Å². The van der Waals surface area contributed by atoms with Gasteiger partial charge in [0.15, 0.2) is 5.78 Å². The number of hydrogen-bond donors (Lipinski definition) is 2. The van der Waals surface area contributed by atoms with E-state index in [-0.39, 0.29) is 13.0 Å². The second kappa shape index (κ2) is 6.58. The fourth-order valence-electron chi connectivity index (χ4n) is 1.22. The first kappa shape index (κ1) is 14.0. The summed E-state index contributed by atoms with van der Waals surface area (Å²) in [4.78, 5) is 14.9. The molecule has 2 N–H and O–H groups in total. The van der Waals surface area contributed by atoms with E-state index >= 15 is 0 Å². The lowest BCUT2D eigenvalue weighted by molar-refractivity contribution is -0.121. The van der Waals surface area contributed by atoms with Crippen molar-refractivity contribution in [2.24, 2.45) is 0 Å². The van der Waals surface area contributed by atoms with Gasteiger partial charge in [-0.2, -0.15) is 0 Å². The van der Waals surface area contributed by atoms with Crippen LogP contribution in [-0.2, 0) is 11.4 Å². The highest BCUT2D eigenvalue weighted by Crippen LogP contribution is 2.15. The third-order valence-electron chi connectivity index (χ3n) is 2.18. The highest BCUT2D eigenvalue weighted by molar-refractivity contribution is 7.09. The third-order valence-corrected chi connectivity index (χ3v) is 3.03. The normalized spacial score (nSPS) is 13.8. The number of aliphatic hydroxyl groups excluding tert-OH is 2. The molecular weight excluding hydrogens is 245 g/mol. The molecule has 0 unspecified atom stereocenters. The molecule has 1 atom stereocenters. The SMILES string of the molecule is C/C(=C\c1csc(CO)n1)[C@@H](O)CC(=O)CF. The molecule has 17 heavy (non-hydrogen) atoms. The maximum atomic E-state index is 12.0. The maximum absolute atomic E-state index is 12.0. The molecule has 0 radical (unpaired) electrons. The van der Waals surface area contributed by atoms with Crippen molar-refractivity contribution in [3.05, 3.63) is 21.7 Å². The van der Waals surface area contributed by atoms with Crippen LogP contribution in [0.5, 0.6) is 0 Å². The Bertz CT molecular complexity index is 417. The summed E-state index contributed by atoms with van der Waals surface area (Å²) in [6.45, 7) is 0.463. The molecular formula is C11H14FNO3S. The molecule has 0 aliphatic carbocycles. The summed E-state index contributed by atoms with van der Waals surface area (Å²) >= 11 is 1.31. The van der Waals surface area contributed by atoms with E-state index in [1.165, 1.54) is 11.3 Å². The summed E-state index contributed by atoms with van der Waals surface area (Å²) < 4.78 is 12.0. The number of ketones is 1. The first-order valence-electron chi connectivity index (χ1n) is 5.06. The van der Waals surface area contributed by atoms with Gasteiger partial charge in [-0.1, -0.05) is 0 Å². The fraction of sp³-hybridized carbons (Fsp3) is 0.455. The van der Waals surface area contributed by atoms with Gasteiger partial charge in [0.1, 0.15) is 11.7 Å². The second-order valence-corrected chi connectivity index (χ2v) is 4.55. The van der Waals surface area contributed by atoms with Crippen molar-refractivity contribution in [2.75, 3.05) is 6.67 Å². The van der Waals surface area contributed by atoms with E-state index in [1.54, 1.807) is 18.4 Å². The van der Waals surface area contributed by atoms with E-state index in [2.05, 4.69) is 4.98 Å². The molecule has 0 fully saturated rings. The van der Waals surface area contributed by atoms with Gasteiger partial charge in [-0.15, -0.1) is 11.3 Å². The molecule has 0 amide bonds. The Balaban J connectivity index is 2.67. The summed E-state index contributed by atoms with van der Waals surface area (Å²) in [6, 6.07) is 0. The van der Waals surface area contributed by atoms with Crippen LogP contribution in [0.3, 0.4) is 0 Å². The van der Waals surface area contributed by atoms with Crippen molar-refractivity contribution in [1.29, 1.82) is 0 Å². The number of aliphatic hydroxyl groups is 2. The zero-order valence-corrected chi connectivity index (χ0v) is 10.2. The van der Waals surface area contributed by atoms with Crippen molar-refractivity contribution in [3.63, 3.8) is 0 Å². The minimum atomic E-state index is -1.06. The number of hydrogen-bond acceptors (Lipinski definition) is 5. The Hall–Kier alpha value is -1.11. The zero-order valence-electron chi connectivity index (χ0n) is 9.39. The van der Waals surface area contributed by atoms with Gasteiger partial charge in [0.2, 0.25) is 0 Å². The summed E-state index contributed by atoms with van der Waals surface area (Å²) in [6.07, 6.45) is 0.402. The highest BCUT2D eigenvalue weighted by Gasteiger charge is 2.12. The van der Waals surface area contributed by atoms with Crippen LogP contribution >= 0.6 is 11.3 Å². The third kappa shape index (κ3) is 4.33. The molecule has 0 saturated heterocycles. The number of alkyl halides is 1. The van der Waals surface area contributed by atoms with Crippen molar-refractivity contribution in [3.8, 4) is 0 Å². The molecule has 1 aromatic rings. The van der Waals surface area contributed by atoms with Crippen LogP contribution < -0.4 is 0 Å². The molecule has 1 aromatic heterocycles. The van der Waals surface area contributed by atoms with Gasteiger partial charge in [0, 0.05) is 11.8 Å². The van der Waals surface area contributed by atoms with Crippen LogP contribution in [0.2, 0.25) is 0 Å². The second-order valence-electron chi connectivity index (χ2n) is 3.60.